The molecule has 3 rings (SSSR count). The fourth-order valence-electron chi connectivity index (χ4n) is 4.30. The first-order chi connectivity index (χ1) is 14.5. The van der Waals surface area contributed by atoms with Gasteiger partial charge in [0.05, 0.1) is 20.8 Å². The first-order valence-corrected chi connectivity index (χ1v) is 10.6. The summed E-state index contributed by atoms with van der Waals surface area (Å²) in [5.41, 5.74) is 9.48. The van der Waals surface area contributed by atoms with E-state index in [9.17, 15) is 0 Å². The summed E-state index contributed by atoms with van der Waals surface area (Å²) in [4.78, 5) is 7.13. The number of benzene rings is 2. The van der Waals surface area contributed by atoms with E-state index in [0.29, 0.717) is 24.0 Å². The van der Waals surface area contributed by atoms with Crippen molar-refractivity contribution >= 4 is 35.6 Å². The van der Waals surface area contributed by atoms with Crippen LogP contribution in [0.5, 0.6) is 11.5 Å². The van der Waals surface area contributed by atoms with Crippen molar-refractivity contribution in [3.63, 3.8) is 0 Å². The number of likely N-dealkylation sites (tertiary alicyclic amines) is 1. The van der Waals surface area contributed by atoms with Gasteiger partial charge in [-0.05, 0) is 41.5 Å². The Morgan fingerprint density at radius 2 is 1.68 bits per heavy atom. The highest BCUT2D eigenvalue weighted by atomic mass is 127. The van der Waals surface area contributed by atoms with Crippen LogP contribution in [0, 0.1) is 11.8 Å². The van der Waals surface area contributed by atoms with Crippen LogP contribution < -0.4 is 20.5 Å². The van der Waals surface area contributed by atoms with Crippen molar-refractivity contribution in [1.82, 2.24) is 4.90 Å². The summed E-state index contributed by atoms with van der Waals surface area (Å²) in [5, 5.41) is 3.13. The number of hydrogen-bond acceptors (Lipinski definition) is 4. The first-order valence-electron chi connectivity index (χ1n) is 10.6. The molecule has 170 valence electrons. The molecule has 31 heavy (non-hydrogen) atoms. The molecule has 1 aliphatic heterocycles. The number of rotatable bonds is 7. The van der Waals surface area contributed by atoms with Gasteiger partial charge in [0.25, 0.3) is 0 Å². The molecule has 1 saturated heterocycles. The van der Waals surface area contributed by atoms with E-state index in [1.165, 1.54) is 17.5 Å². The molecular weight excluding hydrogens is 503 g/mol. The molecule has 0 radical (unpaired) electrons. The van der Waals surface area contributed by atoms with E-state index in [1.807, 2.05) is 18.2 Å². The second kappa shape index (κ2) is 12.1. The second-order valence-corrected chi connectivity index (χ2v) is 8.31. The molecule has 0 amide bonds. The van der Waals surface area contributed by atoms with Gasteiger partial charge in [-0.15, -0.1) is 24.0 Å². The number of aliphatic imine (C=N–C) groups is 1. The average molecular weight is 538 g/mol. The van der Waals surface area contributed by atoms with Crippen LogP contribution in [0.1, 0.15) is 31.4 Å². The normalized spacial score (nSPS) is 19.4. The van der Waals surface area contributed by atoms with Crippen LogP contribution in [0.15, 0.2) is 47.5 Å². The topological polar surface area (TPSA) is 72.1 Å². The van der Waals surface area contributed by atoms with Crippen LogP contribution in [-0.4, -0.2) is 38.2 Å². The lowest BCUT2D eigenvalue weighted by Crippen LogP contribution is -2.38. The van der Waals surface area contributed by atoms with Gasteiger partial charge >= 0.3 is 0 Å². The van der Waals surface area contributed by atoms with Crippen molar-refractivity contribution in [3.8, 4) is 11.5 Å². The third-order valence-electron chi connectivity index (χ3n) is 5.53. The number of piperidine rings is 1. The molecule has 0 saturated carbocycles. The third kappa shape index (κ3) is 7.28. The Kier molecular flexibility index (Phi) is 9.90. The summed E-state index contributed by atoms with van der Waals surface area (Å²) in [6, 6.07) is 14.1. The van der Waals surface area contributed by atoms with Gasteiger partial charge in [-0.1, -0.05) is 38.1 Å². The molecule has 1 heterocycles. The summed E-state index contributed by atoms with van der Waals surface area (Å²) in [5.74, 6) is 3.19. The van der Waals surface area contributed by atoms with Gasteiger partial charge in [0, 0.05) is 31.4 Å². The predicted molar refractivity (Wildman–Crippen MR) is 139 cm³/mol. The minimum Gasteiger partial charge on any atom is -0.493 e. The molecule has 2 aromatic rings. The molecule has 0 aliphatic carbocycles. The molecule has 1 fully saturated rings. The van der Waals surface area contributed by atoms with Crippen molar-refractivity contribution in [3.05, 3.63) is 53.6 Å². The average Bonchev–Trinajstić information content (AvgIpc) is 2.72. The Bertz CT molecular complexity index is 864. The maximum Gasteiger partial charge on any atom is 0.193 e. The maximum absolute atomic E-state index is 6.14. The highest BCUT2D eigenvalue weighted by Crippen LogP contribution is 2.29. The van der Waals surface area contributed by atoms with Crippen LogP contribution in [0.3, 0.4) is 0 Å². The van der Waals surface area contributed by atoms with E-state index in [0.717, 1.165) is 37.2 Å². The number of methoxy groups -OCH3 is 2. The Morgan fingerprint density at radius 3 is 2.32 bits per heavy atom. The largest absolute Gasteiger partial charge is 0.493 e. The van der Waals surface area contributed by atoms with Gasteiger partial charge in [-0.3, -0.25) is 4.90 Å². The summed E-state index contributed by atoms with van der Waals surface area (Å²) >= 11 is 0. The summed E-state index contributed by atoms with van der Waals surface area (Å²) in [6.45, 7) is 8.51. The molecular formula is C24H35IN4O2. The Balaban J connectivity index is 0.00000341. The van der Waals surface area contributed by atoms with Crippen molar-refractivity contribution < 1.29 is 9.47 Å². The molecule has 0 aromatic heterocycles. The van der Waals surface area contributed by atoms with Gasteiger partial charge in [0.1, 0.15) is 0 Å². The number of nitrogens with two attached hydrogens (primary N) is 1. The van der Waals surface area contributed by atoms with Gasteiger partial charge in [-0.2, -0.15) is 0 Å². The first kappa shape index (κ1) is 25.3. The number of anilines is 1. The van der Waals surface area contributed by atoms with E-state index in [1.54, 1.807) is 14.2 Å². The van der Waals surface area contributed by atoms with E-state index < -0.39 is 0 Å². The van der Waals surface area contributed by atoms with Crippen LogP contribution in [-0.2, 0) is 13.1 Å². The Hall–Kier alpha value is -2.00. The van der Waals surface area contributed by atoms with Crippen LogP contribution in [0.4, 0.5) is 5.69 Å². The lowest BCUT2D eigenvalue weighted by molar-refractivity contribution is 0.134. The minimum absolute atomic E-state index is 0. The van der Waals surface area contributed by atoms with E-state index in [-0.39, 0.29) is 24.0 Å². The molecule has 2 atom stereocenters. The second-order valence-electron chi connectivity index (χ2n) is 8.31. The standard InChI is InChI=1S/C24H34N4O2.HI/c1-17-11-18(2)15-28(14-17)16-20-8-6-5-7-19(20)13-26-24(25)27-21-9-10-22(29-3)23(12-21)30-4;/h5-10,12,17-18H,11,13-16H2,1-4H3,(H3,25,26,27);1H. The zero-order valence-electron chi connectivity index (χ0n) is 18.9. The van der Waals surface area contributed by atoms with Gasteiger partial charge in [0.15, 0.2) is 17.5 Å². The summed E-state index contributed by atoms with van der Waals surface area (Å²) in [7, 11) is 3.23. The fourth-order valence-corrected chi connectivity index (χ4v) is 4.30. The van der Waals surface area contributed by atoms with Crippen molar-refractivity contribution in [2.24, 2.45) is 22.6 Å². The van der Waals surface area contributed by atoms with Crippen LogP contribution in [0.25, 0.3) is 0 Å². The molecule has 1 aliphatic rings. The van der Waals surface area contributed by atoms with Crippen molar-refractivity contribution in [2.75, 3.05) is 32.6 Å². The molecule has 7 heteroatoms. The lowest BCUT2D eigenvalue weighted by atomic mass is 9.91. The summed E-state index contributed by atoms with van der Waals surface area (Å²) < 4.78 is 10.6. The van der Waals surface area contributed by atoms with Gasteiger partial charge < -0.3 is 20.5 Å². The van der Waals surface area contributed by atoms with Crippen molar-refractivity contribution in [2.45, 2.75) is 33.4 Å². The van der Waals surface area contributed by atoms with Gasteiger partial charge in [0.2, 0.25) is 0 Å². The number of nitrogens with zero attached hydrogens (tertiary/aromatic N) is 2. The smallest absolute Gasteiger partial charge is 0.193 e. The molecule has 0 bridgehead atoms. The quantitative estimate of drug-likeness (QED) is 0.303. The Morgan fingerprint density at radius 1 is 1.03 bits per heavy atom. The lowest BCUT2D eigenvalue weighted by Gasteiger charge is -2.35. The number of hydrogen-bond donors (Lipinski definition) is 2. The maximum atomic E-state index is 6.14. The minimum atomic E-state index is 0. The van der Waals surface area contributed by atoms with Crippen molar-refractivity contribution in [1.29, 1.82) is 0 Å². The molecule has 2 aromatic carbocycles. The molecule has 2 unspecified atom stereocenters. The van der Waals surface area contributed by atoms with E-state index in [4.69, 9.17) is 15.2 Å². The number of ether oxygens (including phenoxy) is 2. The van der Waals surface area contributed by atoms with E-state index in [2.05, 4.69) is 53.3 Å². The monoisotopic (exact) mass is 538 g/mol. The summed E-state index contributed by atoms with van der Waals surface area (Å²) in [6.07, 6.45) is 1.32. The predicted octanol–water partition coefficient (Wildman–Crippen LogP) is 4.73. The van der Waals surface area contributed by atoms with Gasteiger partial charge in [-0.25, -0.2) is 4.99 Å². The number of halogens is 1. The number of guanidine groups is 1. The fraction of sp³-hybridized carbons (Fsp3) is 0.458. The van der Waals surface area contributed by atoms with Crippen LogP contribution >= 0.6 is 24.0 Å². The highest BCUT2D eigenvalue weighted by molar-refractivity contribution is 14.0. The molecule has 0 spiro atoms. The van der Waals surface area contributed by atoms with Crippen LogP contribution in [0.2, 0.25) is 0 Å². The molecule has 3 N–H and O–H groups in total. The highest BCUT2D eigenvalue weighted by Gasteiger charge is 2.22. The number of nitrogens with one attached hydrogen (secondary N) is 1. The molecule has 6 nitrogen and oxygen atoms in total. The van der Waals surface area contributed by atoms with E-state index >= 15 is 0 Å². The SMILES string of the molecule is COc1ccc(NC(N)=NCc2ccccc2CN2CC(C)CC(C)C2)cc1OC.I. The third-order valence-corrected chi connectivity index (χ3v) is 5.53. The zero-order chi connectivity index (χ0) is 21.5. The Labute approximate surface area is 203 Å². The zero-order valence-corrected chi connectivity index (χ0v) is 21.3.